The van der Waals surface area contributed by atoms with Crippen molar-refractivity contribution < 1.29 is 23.1 Å². The first-order chi connectivity index (χ1) is 12.3. The van der Waals surface area contributed by atoms with Crippen LogP contribution in [0.2, 0.25) is 0 Å². The highest BCUT2D eigenvalue weighted by Gasteiger charge is 2.22. The first kappa shape index (κ1) is 19.6. The number of carbonyl (C=O) groups excluding carboxylic acids is 2. The summed E-state index contributed by atoms with van der Waals surface area (Å²) in [5.41, 5.74) is 3.13. The average molecular weight is 361 g/mol. The first-order valence-corrected chi connectivity index (χ1v) is 8.17. The SMILES string of the molecule is COC(=O)[C@@H](Cc1ccc(C)c(C)c1)NC(=O)Cc1ccc(F)cc1F. The molecule has 138 valence electrons. The summed E-state index contributed by atoms with van der Waals surface area (Å²) in [6.07, 6.45) is -0.0437. The van der Waals surface area contributed by atoms with Gasteiger partial charge in [-0.25, -0.2) is 13.6 Å². The summed E-state index contributed by atoms with van der Waals surface area (Å²) >= 11 is 0. The number of methoxy groups -OCH3 is 1. The Morgan fingerprint density at radius 1 is 1.08 bits per heavy atom. The summed E-state index contributed by atoms with van der Waals surface area (Å²) in [4.78, 5) is 24.2. The molecular weight excluding hydrogens is 340 g/mol. The molecule has 2 rings (SSSR count). The molecule has 0 spiro atoms. The van der Waals surface area contributed by atoms with E-state index in [1.54, 1.807) is 0 Å². The van der Waals surface area contributed by atoms with Crippen LogP contribution < -0.4 is 5.32 Å². The van der Waals surface area contributed by atoms with Crippen molar-refractivity contribution in [2.45, 2.75) is 32.7 Å². The molecule has 0 heterocycles. The highest BCUT2D eigenvalue weighted by Crippen LogP contribution is 2.13. The van der Waals surface area contributed by atoms with Gasteiger partial charge in [-0.05, 0) is 42.2 Å². The number of amides is 1. The van der Waals surface area contributed by atoms with Crippen LogP contribution >= 0.6 is 0 Å². The second-order valence-corrected chi connectivity index (χ2v) is 6.18. The number of nitrogens with one attached hydrogen (secondary N) is 1. The number of benzene rings is 2. The molecule has 2 aromatic carbocycles. The normalized spacial score (nSPS) is 11.7. The third kappa shape index (κ3) is 5.12. The molecule has 0 saturated carbocycles. The van der Waals surface area contributed by atoms with Crippen LogP contribution in [0, 0.1) is 25.5 Å². The van der Waals surface area contributed by atoms with Crippen molar-refractivity contribution in [1.82, 2.24) is 5.32 Å². The van der Waals surface area contributed by atoms with E-state index in [9.17, 15) is 18.4 Å². The minimum Gasteiger partial charge on any atom is -0.467 e. The molecule has 0 aliphatic carbocycles. The zero-order valence-electron chi connectivity index (χ0n) is 14.9. The third-order valence-electron chi connectivity index (χ3n) is 4.20. The third-order valence-corrected chi connectivity index (χ3v) is 4.20. The van der Waals surface area contributed by atoms with Crippen LogP contribution in [0.15, 0.2) is 36.4 Å². The summed E-state index contributed by atoms with van der Waals surface area (Å²) in [5.74, 6) is -2.65. The van der Waals surface area contributed by atoms with Gasteiger partial charge in [-0.1, -0.05) is 24.3 Å². The summed E-state index contributed by atoms with van der Waals surface area (Å²) in [6, 6.07) is 7.88. The lowest BCUT2D eigenvalue weighted by molar-refractivity contribution is -0.145. The molecule has 0 radical (unpaired) electrons. The number of esters is 1. The van der Waals surface area contributed by atoms with Gasteiger partial charge >= 0.3 is 5.97 Å². The molecular formula is C20H21F2NO3. The van der Waals surface area contributed by atoms with Gasteiger partial charge in [0.2, 0.25) is 5.91 Å². The molecule has 0 aliphatic rings. The predicted octanol–water partition coefficient (Wildman–Crippen LogP) is 3.02. The summed E-state index contributed by atoms with van der Waals surface area (Å²) < 4.78 is 31.4. The maximum atomic E-state index is 13.7. The van der Waals surface area contributed by atoms with Crippen molar-refractivity contribution in [3.8, 4) is 0 Å². The minimum atomic E-state index is -0.891. The maximum absolute atomic E-state index is 13.7. The van der Waals surface area contributed by atoms with Gasteiger partial charge < -0.3 is 10.1 Å². The summed E-state index contributed by atoms with van der Waals surface area (Å²) in [7, 11) is 1.24. The van der Waals surface area contributed by atoms with E-state index >= 15 is 0 Å². The quantitative estimate of drug-likeness (QED) is 0.805. The van der Waals surface area contributed by atoms with Crippen LogP contribution in [0.1, 0.15) is 22.3 Å². The van der Waals surface area contributed by atoms with Crippen LogP contribution in [-0.2, 0) is 27.2 Å². The molecule has 1 atom stereocenters. The van der Waals surface area contributed by atoms with E-state index in [0.717, 1.165) is 28.8 Å². The van der Waals surface area contributed by atoms with Gasteiger partial charge in [-0.2, -0.15) is 0 Å². The molecule has 1 N–H and O–H groups in total. The second kappa shape index (κ2) is 8.56. The Morgan fingerprint density at radius 3 is 2.42 bits per heavy atom. The van der Waals surface area contributed by atoms with E-state index in [1.807, 2.05) is 32.0 Å². The number of carbonyl (C=O) groups is 2. The molecule has 0 saturated heterocycles. The number of hydrogen-bond donors (Lipinski definition) is 1. The number of halogens is 2. The van der Waals surface area contributed by atoms with Gasteiger partial charge in [0.15, 0.2) is 0 Å². The van der Waals surface area contributed by atoms with Crippen LogP contribution in [-0.4, -0.2) is 25.0 Å². The molecule has 2 aromatic rings. The molecule has 0 bridgehead atoms. The Morgan fingerprint density at radius 2 is 1.81 bits per heavy atom. The van der Waals surface area contributed by atoms with Gasteiger partial charge in [0, 0.05) is 12.5 Å². The first-order valence-electron chi connectivity index (χ1n) is 8.17. The van der Waals surface area contributed by atoms with Crippen molar-refractivity contribution >= 4 is 11.9 Å². The number of ether oxygens (including phenoxy) is 1. The largest absolute Gasteiger partial charge is 0.467 e. The average Bonchev–Trinajstić information content (AvgIpc) is 2.59. The fourth-order valence-corrected chi connectivity index (χ4v) is 2.59. The molecule has 0 unspecified atom stereocenters. The Kier molecular flexibility index (Phi) is 6.44. The fourth-order valence-electron chi connectivity index (χ4n) is 2.59. The van der Waals surface area contributed by atoms with Crippen molar-refractivity contribution in [3.05, 3.63) is 70.3 Å². The molecule has 0 fully saturated rings. The van der Waals surface area contributed by atoms with Crippen LogP contribution in [0.4, 0.5) is 8.78 Å². The zero-order valence-corrected chi connectivity index (χ0v) is 14.9. The van der Waals surface area contributed by atoms with E-state index in [1.165, 1.54) is 13.2 Å². The van der Waals surface area contributed by atoms with Gasteiger partial charge in [0.05, 0.1) is 13.5 Å². The van der Waals surface area contributed by atoms with Gasteiger partial charge in [-0.15, -0.1) is 0 Å². The van der Waals surface area contributed by atoms with E-state index in [2.05, 4.69) is 5.32 Å². The Hall–Kier alpha value is -2.76. The molecule has 6 heteroatoms. The predicted molar refractivity (Wildman–Crippen MR) is 93.6 cm³/mol. The van der Waals surface area contributed by atoms with Crippen LogP contribution in [0.3, 0.4) is 0 Å². The van der Waals surface area contributed by atoms with Crippen molar-refractivity contribution in [2.24, 2.45) is 0 Å². The number of rotatable bonds is 6. The summed E-state index contributed by atoms with van der Waals surface area (Å²) in [6.45, 7) is 3.94. The lowest BCUT2D eigenvalue weighted by atomic mass is 10.0. The maximum Gasteiger partial charge on any atom is 0.328 e. The summed E-state index contributed by atoms with van der Waals surface area (Å²) in [5, 5.41) is 2.57. The molecule has 0 aromatic heterocycles. The highest BCUT2D eigenvalue weighted by atomic mass is 19.1. The van der Waals surface area contributed by atoms with E-state index in [4.69, 9.17) is 4.74 Å². The molecule has 26 heavy (non-hydrogen) atoms. The smallest absolute Gasteiger partial charge is 0.328 e. The standard InChI is InChI=1S/C20H21F2NO3/c1-12-4-5-14(8-13(12)2)9-18(20(25)26-3)23-19(24)10-15-6-7-16(21)11-17(15)22/h4-8,11,18H,9-10H2,1-3H3,(H,23,24)/t18-/m1/s1. The Balaban J connectivity index is 2.10. The van der Waals surface area contributed by atoms with Gasteiger partial charge in [0.1, 0.15) is 17.7 Å². The fraction of sp³-hybridized carbons (Fsp3) is 0.300. The lowest BCUT2D eigenvalue weighted by Gasteiger charge is -2.17. The van der Waals surface area contributed by atoms with E-state index < -0.39 is 29.6 Å². The Bertz CT molecular complexity index is 821. The minimum absolute atomic E-state index is 0.0543. The van der Waals surface area contributed by atoms with Gasteiger partial charge in [-0.3, -0.25) is 4.79 Å². The van der Waals surface area contributed by atoms with Gasteiger partial charge in [0.25, 0.3) is 0 Å². The molecule has 4 nitrogen and oxygen atoms in total. The van der Waals surface area contributed by atoms with Crippen molar-refractivity contribution in [1.29, 1.82) is 0 Å². The van der Waals surface area contributed by atoms with E-state index in [0.29, 0.717) is 0 Å². The van der Waals surface area contributed by atoms with Crippen LogP contribution in [0.5, 0.6) is 0 Å². The lowest BCUT2D eigenvalue weighted by Crippen LogP contribution is -2.43. The van der Waals surface area contributed by atoms with Crippen LogP contribution in [0.25, 0.3) is 0 Å². The Labute approximate surface area is 151 Å². The molecule has 1 amide bonds. The zero-order chi connectivity index (χ0) is 19.3. The topological polar surface area (TPSA) is 55.4 Å². The van der Waals surface area contributed by atoms with Crippen molar-refractivity contribution in [2.75, 3.05) is 7.11 Å². The second-order valence-electron chi connectivity index (χ2n) is 6.18. The monoisotopic (exact) mass is 361 g/mol. The number of aryl methyl sites for hydroxylation is 2. The van der Waals surface area contributed by atoms with Crippen molar-refractivity contribution in [3.63, 3.8) is 0 Å². The molecule has 0 aliphatic heterocycles. The highest BCUT2D eigenvalue weighted by molar-refractivity contribution is 5.85. The van der Waals surface area contributed by atoms with E-state index in [-0.39, 0.29) is 18.4 Å². The number of hydrogen-bond acceptors (Lipinski definition) is 3.